The Hall–Kier alpha value is -2.04. The van der Waals surface area contributed by atoms with Gasteiger partial charge in [-0.3, -0.25) is 9.59 Å². The maximum Gasteiger partial charge on any atom is 0.325 e. The highest BCUT2D eigenvalue weighted by Gasteiger charge is 2.15. The number of nitrogens with one attached hydrogen (secondary N) is 1. The molecule has 0 fully saturated rings. The lowest BCUT2D eigenvalue weighted by molar-refractivity contribution is -0.144. The minimum Gasteiger partial charge on any atom is -0.481 e. The van der Waals surface area contributed by atoms with Gasteiger partial charge in [-0.2, -0.15) is 0 Å². The van der Waals surface area contributed by atoms with Crippen LogP contribution in [0.5, 0.6) is 5.75 Å². The molecular formula is C14H19NO4. The summed E-state index contributed by atoms with van der Waals surface area (Å²) in [7, 11) is 0. The number of benzene rings is 1. The average molecular weight is 265 g/mol. The first-order valence-corrected chi connectivity index (χ1v) is 6.19. The number of amides is 1. The Bertz CT molecular complexity index is 428. The molecule has 0 spiro atoms. The predicted molar refractivity (Wildman–Crippen MR) is 70.9 cm³/mol. The summed E-state index contributed by atoms with van der Waals surface area (Å²) in [6.07, 6.45) is -0.669. The van der Waals surface area contributed by atoms with Gasteiger partial charge in [0.05, 0.1) is 6.61 Å². The van der Waals surface area contributed by atoms with E-state index in [0.717, 1.165) is 5.56 Å². The van der Waals surface area contributed by atoms with Crippen LogP contribution < -0.4 is 10.1 Å². The van der Waals surface area contributed by atoms with Gasteiger partial charge < -0.3 is 14.8 Å². The van der Waals surface area contributed by atoms with E-state index in [9.17, 15) is 9.59 Å². The van der Waals surface area contributed by atoms with Crippen molar-refractivity contribution in [3.8, 4) is 5.75 Å². The van der Waals surface area contributed by atoms with Gasteiger partial charge in [0, 0.05) is 0 Å². The quantitative estimate of drug-likeness (QED) is 0.790. The van der Waals surface area contributed by atoms with E-state index in [1.165, 1.54) is 0 Å². The summed E-state index contributed by atoms with van der Waals surface area (Å²) in [6.45, 7) is 5.46. The lowest BCUT2D eigenvalue weighted by Crippen LogP contribution is -2.39. The zero-order chi connectivity index (χ0) is 14.3. The second kappa shape index (κ2) is 7.41. The number of ether oxygens (including phenoxy) is 2. The highest BCUT2D eigenvalue weighted by atomic mass is 16.5. The lowest BCUT2D eigenvalue weighted by Gasteiger charge is -2.14. The summed E-state index contributed by atoms with van der Waals surface area (Å²) in [5.74, 6) is -0.198. The number of carbonyl (C=O) groups is 2. The molecule has 0 aliphatic carbocycles. The SMILES string of the molecule is CCOC(=O)CNC(=O)C(C)Oc1ccc(C)cc1. The van der Waals surface area contributed by atoms with Crippen LogP contribution in [0.1, 0.15) is 19.4 Å². The molecule has 1 amide bonds. The van der Waals surface area contributed by atoms with Crippen molar-refractivity contribution in [1.82, 2.24) is 5.32 Å². The van der Waals surface area contributed by atoms with Crippen LogP contribution in [-0.4, -0.2) is 31.1 Å². The van der Waals surface area contributed by atoms with E-state index in [4.69, 9.17) is 9.47 Å². The summed E-state index contributed by atoms with van der Waals surface area (Å²) in [6, 6.07) is 7.39. The van der Waals surface area contributed by atoms with Gasteiger partial charge >= 0.3 is 5.97 Å². The van der Waals surface area contributed by atoms with E-state index < -0.39 is 12.1 Å². The van der Waals surface area contributed by atoms with E-state index in [-0.39, 0.29) is 12.5 Å². The van der Waals surface area contributed by atoms with Crippen molar-refractivity contribution in [3.05, 3.63) is 29.8 Å². The van der Waals surface area contributed by atoms with Crippen molar-refractivity contribution in [2.75, 3.05) is 13.2 Å². The maximum absolute atomic E-state index is 11.7. The third kappa shape index (κ3) is 5.42. The van der Waals surface area contributed by atoms with Crippen LogP contribution in [0.4, 0.5) is 0 Å². The second-order valence-corrected chi connectivity index (χ2v) is 4.10. The standard InChI is InChI=1S/C14H19NO4/c1-4-18-13(16)9-15-14(17)11(3)19-12-7-5-10(2)6-8-12/h5-8,11H,4,9H2,1-3H3,(H,15,17). The Balaban J connectivity index is 2.40. The molecule has 0 saturated heterocycles. The summed E-state index contributed by atoms with van der Waals surface area (Å²) in [5.41, 5.74) is 1.12. The number of carbonyl (C=O) groups excluding carboxylic acids is 2. The topological polar surface area (TPSA) is 64.6 Å². The summed E-state index contributed by atoms with van der Waals surface area (Å²) in [5, 5.41) is 2.46. The van der Waals surface area contributed by atoms with Crippen LogP contribution in [0, 0.1) is 6.92 Å². The predicted octanol–water partition coefficient (Wildman–Crippen LogP) is 1.44. The molecule has 1 rings (SSSR count). The Morgan fingerprint density at radius 3 is 2.47 bits per heavy atom. The molecule has 0 bridgehead atoms. The van der Waals surface area contributed by atoms with Crippen molar-refractivity contribution >= 4 is 11.9 Å². The van der Waals surface area contributed by atoms with Crippen LogP contribution in [0.15, 0.2) is 24.3 Å². The van der Waals surface area contributed by atoms with Gasteiger partial charge in [-0.15, -0.1) is 0 Å². The lowest BCUT2D eigenvalue weighted by atomic mass is 10.2. The molecule has 1 atom stereocenters. The molecular weight excluding hydrogens is 246 g/mol. The molecule has 1 unspecified atom stereocenters. The molecule has 5 heteroatoms. The maximum atomic E-state index is 11.7. The third-order valence-electron chi connectivity index (χ3n) is 2.42. The number of esters is 1. The molecule has 0 radical (unpaired) electrons. The molecule has 1 aromatic rings. The Labute approximate surface area is 112 Å². The zero-order valence-electron chi connectivity index (χ0n) is 11.4. The van der Waals surface area contributed by atoms with Gasteiger partial charge in [-0.1, -0.05) is 17.7 Å². The van der Waals surface area contributed by atoms with Crippen molar-refractivity contribution in [2.45, 2.75) is 26.9 Å². The molecule has 0 aliphatic rings. The molecule has 1 aromatic carbocycles. The van der Waals surface area contributed by atoms with Crippen LogP contribution >= 0.6 is 0 Å². The first-order chi connectivity index (χ1) is 9.02. The monoisotopic (exact) mass is 265 g/mol. The summed E-state index contributed by atoms with van der Waals surface area (Å²) in [4.78, 5) is 22.8. The van der Waals surface area contributed by atoms with Crippen molar-refractivity contribution in [2.24, 2.45) is 0 Å². The number of hydrogen-bond acceptors (Lipinski definition) is 4. The Kier molecular flexibility index (Phi) is 5.85. The van der Waals surface area contributed by atoms with Gasteiger partial charge in [-0.05, 0) is 32.9 Å². The van der Waals surface area contributed by atoms with E-state index >= 15 is 0 Å². The summed E-state index contributed by atoms with van der Waals surface area (Å²) >= 11 is 0. The van der Waals surface area contributed by atoms with E-state index in [1.807, 2.05) is 19.1 Å². The Morgan fingerprint density at radius 1 is 1.26 bits per heavy atom. The fourth-order valence-electron chi connectivity index (χ4n) is 1.39. The van der Waals surface area contributed by atoms with Gasteiger partial charge in [0.1, 0.15) is 12.3 Å². The first kappa shape index (κ1) is 15.0. The molecule has 19 heavy (non-hydrogen) atoms. The summed E-state index contributed by atoms with van der Waals surface area (Å²) < 4.78 is 10.2. The highest BCUT2D eigenvalue weighted by Crippen LogP contribution is 2.13. The smallest absolute Gasteiger partial charge is 0.325 e. The minimum absolute atomic E-state index is 0.145. The molecule has 0 saturated carbocycles. The zero-order valence-corrected chi connectivity index (χ0v) is 11.4. The van der Waals surface area contributed by atoms with Crippen LogP contribution in [0.2, 0.25) is 0 Å². The van der Waals surface area contributed by atoms with Gasteiger partial charge in [0.15, 0.2) is 6.10 Å². The number of aryl methyl sites for hydroxylation is 1. The van der Waals surface area contributed by atoms with Crippen molar-refractivity contribution in [1.29, 1.82) is 0 Å². The third-order valence-corrected chi connectivity index (χ3v) is 2.42. The van der Waals surface area contributed by atoms with Gasteiger partial charge in [0.25, 0.3) is 5.91 Å². The molecule has 0 heterocycles. The van der Waals surface area contributed by atoms with Gasteiger partial charge in [0.2, 0.25) is 0 Å². The molecule has 0 aromatic heterocycles. The normalized spacial score (nSPS) is 11.5. The number of hydrogen-bond donors (Lipinski definition) is 1. The highest BCUT2D eigenvalue weighted by molar-refractivity contribution is 5.84. The first-order valence-electron chi connectivity index (χ1n) is 6.19. The van der Waals surface area contributed by atoms with E-state index in [1.54, 1.807) is 26.0 Å². The van der Waals surface area contributed by atoms with Crippen LogP contribution in [0.25, 0.3) is 0 Å². The Morgan fingerprint density at radius 2 is 1.89 bits per heavy atom. The average Bonchev–Trinajstić information content (AvgIpc) is 2.39. The van der Waals surface area contributed by atoms with Crippen molar-refractivity contribution in [3.63, 3.8) is 0 Å². The van der Waals surface area contributed by atoms with E-state index in [0.29, 0.717) is 12.4 Å². The van der Waals surface area contributed by atoms with Gasteiger partial charge in [-0.25, -0.2) is 0 Å². The number of rotatable bonds is 6. The molecule has 1 N–H and O–H groups in total. The fraction of sp³-hybridized carbons (Fsp3) is 0.429. The molecule has 5 nitrogen and oxygen atoms in total. The van der Waals surface area contributed by atoms with Crippen LogP contribution in [0.3, 0.4) is 0 Å². The van der Waals surface area contributed by atoms with E-state index in [2.05, 4.69) is 5.32 Å². The van der Waals surface area contributed by atoms with Crippen molar-refractivity contribution < 1.29 is 19.1 Å². The molecule has 104 valence electrons. The minimum atomic E-state index is -0.669. The molecule has 0 aliphatic heterocycles. The largest absolute Gasteiger partial charge is 0.481 e. The fourth-order valence-corrected chi connectivity index (χ4v) is 1.39. The second-order valence-electron chi connectivity index (χ2n) is 4.10. The van der Waals surface area contributed by atoms with Crippen LogP contribution in [-0.2, 0) is 14.3 Å².